The summed E-state index contributed by atoms with van der Waals surface area (Å²) >= 11 is 0. The summed E-state index contributed by atoms with van der Waals surface area (Å²) in [6, 6.07) is 9.55. The van der Waals surface area contributed by atoms with E-state index < -0.39 is 15.9 Å². The van der Waals surface area contributed by atoms with Crippen molar-refractivity contribution in [3.63, 3.8) is 0 Å². The van der Waals surface area contributed by atoms with E-state index in [0.717, 1.165) is 49.0 Å². The van der Waals surface area contributed by atoms with E-state index in [4.69, 9.17) is 0 Å². The van der Waals surface area contributed by atoms with E-state index in [2.05, 4.69) is 20.8 Å². The minimum atomic E-state index is -4.40. The Labute approximate surface area is 241 Å². The number of hydrogen-bond donors (Lipinski definition) is 0. The Bertz CT molecular complexity index is 1180. The zero-order chi connectivity index (χ0) is 28.7. The smallest absolute Gasteiger partial charge is 0.222 e. The lowest BCUT2D eigenvalue weighted by molar-refractivity contribution is -0.140. The molecule has 0 heterocycles. The van der Waals surface area contributed by atoms with Gasteiger partial charge < -0.3 is 9.45 Å². The Morgan fingerprint density at radius 1 is 1.02 bits per heavy atom. The molecular formula is C33H48NO5S-. The Hall–Kier alpha value is -1.73. The zero-order valence-electron chi connectivity index (χ0n) is 24.6. The second-order valence-corrected chi connectivity index (χ2v) is 15.7. The molecule has 0 aliphatic heterocycles. The van der Waals surface area contributed by atoms with Gasteiger partial charge in [0.05, 0.1) is 15.9 Å². The third-order valence-corrected chi connectivity index (χ3v) is 12.9. The largest absolute Gasteiger partial charge is 0.748 e. The van der Waals surface area contributed by atoms with Gasteiger partial charge in [-0.15, -0.1) is 0 Å². The molecule has 1 aromatic rings. The van der Waals surface area contributed by atoms with E-state index in [1.165, 1.54) is 38.5 Å². The molecule has 40 heavy (non-hydrogen) atoms. The van der Waals surface area contributed by atoms with Crippen LogP contribution in [0.4, 0.5) is 0 Å². The highest BCUT2D eigenvalue weighted by molar-refractivity contribution is 7.85. The van der Waals surface area contributed by atoms with Gasteiger partial charge >= 0.3 is 0 Å². The van der Waals surface area contributed by atoms with Crippen LogP contribution >= 0.6 is 0 Å². The number of Topliss-reactive ketones (excluding diaryl/α,β-unsaturated/α-hetero) is 1. The molecule has 7 heteroatoms. The number of fused-ring (bicyclic) bond motifs is 5. The highest BCUT2D eigenvalue weighted by Crippen LogP contribution is 2.68. The first-order valence-corrected chi connectivity index (χ1v) is 17.3. The van der Waals surface area contributed by atoms with Gasteiger partial charge in [-0.2, -0.15) is 0 Å². The quantitative estimate of drug-likeness (QED) is 0.329. The molecule has 0 unspecified atom stereocenters. The van der Waals surface area contributed by atoms with Crippen LogP contribution < -0.4 is 0 Å². The summed E-state index contributed by atoms with van der Waals surface area (Å²) in [7, 11) is -4.40. The van der Waals surface area contributed by atoms with Gasteiger partial charge in [0.25, 0.3) is 0 Å². The SMILES string of the molecule is C[C@H](CCC(=O)N(CCS(=O)(=O)[O-])Cc1ccccc1)[C@H]1CC[C@H]2[C@@H]3CC[C@@H]4CC(=O)CC[C@]4(C)[C@H]3CC[C@]12C. The van der Waals surface area contributed by atoms with Crippen LogP contribution in [0.1, 0.15) is 97.0 Å². The van der Waals surface area contributed by atoms with Crippen molar-refractivity contribution in [2.75, 3.05) is 12.3 Å². The van der Waals surface area contributed by atoms with E-state index in [-0.39, 0.29) is 12.5 Å². The van der Waals surface area contributed by atoms with Crippen LogP contribution in [0.3, 0.4) is 0 Å². The third kappa shape index (κ3) is 5.92. The summed E-state index contributed by atoms with van der Waals surface area (Å²) in [6.07, 6.45) is 11.3. The fraction of sp³-hybridized carbons (Fsp3) is 0.758. The molecule has 0 bridgehead atoms. The first-order valence-electron chi connectivity index (χ1n) is 15.7. The molecule has 4 fully saturated rings. The van der Waals surface area contributed by atoms with Crippen molar-refractivity contribution in [2.45, 2.75) is 97.9 Å². The fourth-order valence-corrected chi connectivity index (χ4v) is 10.5. The zero-order valence-corrected chi connectivity index (χ0v) is 25.5. The summed E-state index contributed by atoms with van der Waals surface area (Å²) in [4.78, 5) is 27.1. The number of ketones is 1. The van der Waals surface area contributed by atoms with Gasteiger partial charge in [-0.25, -0.2) is 8.42 Å². The molecule has 4 aliphatic rings. The molecule has 0 radical (unpaired) electrons. The van der Waals surface area contributed by atoms with Crippen LogP contribution in [0.2, 0.25) is 0 Å². The van der Waals surface area contributed by atoms with E-state index in [1.54, 1.807) is 4.90 Å². The summed E-state index contributed by atoms with van der Waals surface area (Å²) in [6.45, 7) is 7.60. The predicted octanol–water partition coefficient (Wildman–Crippen LogP) is 6.20. The molecule has 1 amide bonds. The normalized spacial score (nSPS) is 36.3. The average molecular weight is 571 g/mol. The van der Waals surface area contributed by atoms with Gasteiger partial charge in [-0.3, -0.25) is 9.59 Å². The summed E-state index contributed by atoms with van der Waals surface area (Å²) in [5, 5.41) is 0. The first kappa shape index (κ1) is 29.8. The maximum absolute atomic E-state index is 13.3. The Morgan fingerprint density at radius 2 is 1.75 bits per heavy atom. The number of carbonyl (C=O) groups is 2. The number of benzene rings is 1. The van der Waals surface area contributed by atoms with Gasteiger partial charge in [-0.05, 0) is 103 Å². The number of carbonyl (C=O) groups excluding carboxylic acids is 2. The highest BCUT2D eigenvalue weighted by atomic mass is 32.2. The Balaban J connectivity index is 1.22. The Morgan fingerprint density at radius 3 is 2.48 bits per heavy atom. The van der Waals surface area contributed by atoms with Gasteiger partial charge in [-0.1, -0.05) is 51.1 Å². The Kier molecular flexibility index (Phi) is 8.56. The molecule has 0 aromatic heterocycles. The third-order valence-electron chi connectivity index (χ3n) is 12.2. The van der Waals surface area contributed by atoms with Crippen molar-refractivity contribution in [1.29, 1.82) is 0 Å². The van der Waals surface area contributed by atoms with E-state index in [1.807, 2.05) is 30.3 Å². The minimum Gasteiger partial charge on any atom is -0.748 e. The van der Waals surface area contributed by atoms with Gasteiger partial charge in [0.15, 0.2) is 0 Å². The van der Waals surface area contributed by atoms with Crippen molar-refractivity contribution in [2.24, 2.45) is 46.3 Å². The standard InChI is InChI=1S/C33H49NO5S/c1-23(9-14-31(36)34(19-20-40(37,38)39)22-24-7-5-4-6-8-24)28-12-13-29-27-11-10-25-21-26(35)15-17-32(25,2)30(27)16-18-33(28,29)3/h4-8,23,25,27-30H,9-22H2,1-3H3,(H,37,38,39)/p-1/t23-,25-,27+,28-,29+,30+,32+,33-/m1/s1. The molecular weight excluding hydrogens is 522 g/mol. The molecule has 4 saturated carbocycles. The first-order chi connectivity index (χ1) is 18.9. The number of rotatable bonds is 9. The summed E-state index contributed by atoms with van der Waals surface area (Å²) in [5.41, 5.74) is 1.56. The van der Waals surface area contributed by atoms with Gasteiger partial charge in [0.1, 0.15) is 5.78 Å². The second-order valence-electron chi connectivity index (χ2n) is 14.2. The average Bonchev–Trinajstić information content (AvgIpc) is 3.27. The van der Waals surface area contributed by atoms with Crippen LogP contribution in [0.5, 0.6) is 0 Å². The lowest BCUT2D eigenvalue weighted by atomic mass is 9.44. The number of amides is 1. The molecule has 6 nitrogen and oxygen atoms in total. The van der Waals surface area contributed by atoms with Crippen LogP contribution in [-0.2, 0) is 26.3 Å². The molecule has 5 rings (SSSR count). The highest BCUT2D eigenvalue weighted by Gasteiger charge is 2.60. The van der Waals surface area contributed by atoms with Crippen LogP contribution in [0.25, 0.3) is 0 Å². The fourth-order valence-electron chi connectivity index (χ4n) is 10.0. The molecule has 4 aliphatic carbocycles. The van der Waals surface area contributed by atoms with Crippen LogP contribution in [-0.4, -0.2) is 41.9 Å². The van der Waals surface area contributed by atoms with Gasteiger partial charge in [0, 0.05) is 32.4 Å². The molecule has 0 saturated heterocycles. The lowest BCUT2D eigenvalue weighted by Gasteiger charge is -2.60. The van der Waals surface area contributed by atoms with E-state index in [9.17, 15) is 22.6 Å². The maximum Gasteiger partial charge on any atom is 0.222 e. The minimum absolute atomic E-state index is 0.0639. The summed E-state index contributed by atoms with van der Waals surface area (Å²) in [5.74, 6) is 3.69. The van der Waals surface area contributed by atoms with Crippen LogP contribution in [0, 0.1) is 46.3 Å². The maximum atomic E-state index is 13.3. The summed E-state index contributed by atoms with van der Waals surface area (Å²) < 4.78 is 34.0. The molecule has 0 N–H and O–H groups in total. The van der Waals surface area contributed by atoms with Crippen molar-refractivity contribution >= 4 is 21.8 Å². The predicted molar refractivity (Wildman–Crippen MR) is 155 cm³/mol. The van der Waals surface area contributed by atoms with Gasteiger partial charge in [0.2, 0.25) is 5.91 Å². The van der Waals surface area contributed by atoms with Crippen molar-refractivity contribution < 1.29 is 22.6 Å². The molecule has 8 atom stereocenters. The molecule has 222 valence electrons. The number of hydrogen-bond acceptors (Lipinski definition) is 5. The van der Waals surface area contributed by atoms with Crippen molar-refractivity contribution in [3.05, 3.63) is 35.9 Å². The lowest BCUT2D eigenvalue weighted by Crippen LogP contribution is -2.53. The monoisotopic (exact) mass is 570 g/mol. The molecule has 1 aromatic carbocycles. The van der Waals surface area contributed by atoms with Crippen LogP contribution in [0.15, 0.2) is 30.3 Å². The topological polar surface area (TPSA) is 94.6 Å². The number of nitrogens with zero attached hydrogens (tertiary/aromatic N) is 1. The van der Waals surface area contributed by atoms with Crippen molar-refractivity contribution in [3.8, 4) is 0 Å². The van der Waals surface area contributed by atoms with E-state index in [0.29, 0.717) is 47.3 Å². The van der Waals surface area contributed by atoms with Crippen molar-refractivity contribution in [1.82, 2.24) is 4.90 Å². The van der Waals surface area contributed by atoms with E-state index >= 15 is 0 Å². The molecule has 0 spiro atoms. The second kappa shape index (κ2) is 11.5.